The van der Waals surface area contributed by atoms with Gasteiger partial charge in [0.2, 0.25) is 10.7 Å². The molecule has 0 amide bonds. The Morgan fingerprint density at radius 3 is 2.50 bits per heavy atom. The highest BCUT2D eigenvalue weighted by Gasteiger charge is 2.13. The molecule has 80 valence electrons. The maximum absolute atomic E-state index is 8.31. The largest absolute Gasteiger partial charge is 0.234 e. The Balaban J connectivity index is 2.42. The lowest BCUT2D eigenvalue weighted by atomic mass is 10.1. The van der Waals surface area contributed by atoms with Crippen molar-refractivity contribution in [3.05, 3.63) is 45.1 Å². The third-order valence-corrected chi connectivity index (χ3v) is 3.45. The summed E-state index contributed by atoms with van der Waals surface area (Å²) < 4.78 is 2.15. The van der Waals surface area contributed by atoms with Gasteiger partial charge in [-0.2, -0.15) is 4.57 Å². The van der Waals surface area contributed by atoms with Crippen LogP contribution in [0.5, 0.6) is 0 Å². The Hall–Kier alpha value is -1.84. The van der Waals surface area contributed by atoms with E-state index in [4.69, 9.17) is 5.53 Å². The highest BCUT2D eigenvalue weighted by molar-refractivity contribution is 7.09. The molecule has 5 heteroatoms. The van der Waals surface area contributed by atoms with Gasteiger partial charge in [-0.3, -0.25) is 0 Å². The summed E-state index contributed by atoms with van der Waals surface area (Å²) in [5.74, 6) is 0. The summed E-state index contributed by atoms with van der Waals surface area (Å²) in [4.78, 5) is 2.75. The Bertz CT molecular complexity index is 550. The predicted octanol–water partition coefficient (Wildman–Crippen LogP) is 3.49. The molecule has 0 aliphatic carbocycles. The first-order valence-electron chi connectivity index (χ1n) is 4.82. The minimum absolute atomic E-state index is 0.640. The molecule has 0 fully saturated rings. The van der Waals surface area contributed by atoms with E-state index in [1.54, 1.807) is 11.3 Å². The van der Waals surface area contributed by atoms with E-state index in [-0.39, 0.29) is 0 Å². The van der Waals surface area contributed by atoms with Gasteiger partial charge in [-0.15, -0.1) is 0 Å². The van der Waals surface area contributed by atoms with Gasteiger partial charge in [0.25, 0.3) is 0 Å². The standard InChI is InChI=1S/C11H11N4S/c1-8-15(2)11(7-16-8)9-3-5-10(6-4-9)13-14-12/h3-7H,1-2H3/q+1. The van der Waals surface area contributed by atoms with Crippen molar-refractivity contribution >= 4 is 17.0 Å². The fourth-order valence-electron chi connectivity index (χ4n) is 1.48. The van der Waals surface area contributed by atoms with E-state index in [0.717, 1.165) is 5.56 Å². The first-order valence-corrected chi connectivity index (χ1v) is 5.70. The van der Waals surface area contributed by atoms with Crippen LogP contribution in [0.3, 0.4) is 0 Å². The molecule has 16 heavy (non-hydrogen) atoms. The number of hydrogen-bond acceptors (Lipinski definition) is 2. The van der Waals surface area contributed by atoms with Crippen LogP contribution in [0.25, 0.3) is 21.7 Å². The zero-order chi connectivity index (χ0) is 11.5. The average molecular weight is 231 g/mol. The lowest BCUT2D eigenvalue weighted by Crippen LogP contribution is -2.30. The molecule has 0 saturated carbocycles. The smallest absolute Gasteiger partial charge is 0.189 e. The van der Waals surface area contributed by atoms with E-state index in [1.807, 2.05) is 31.3 Å². The topological polar surface area (TPSA) is 52.6 Å². The van der Waals surface area contributed by atoms with Gasteiger partial charge in [-0.1, -0.05) is 28.6 Å². The summed E-state index contributed by atoms with van der Waals surface area (Å²) in [6, 6.07) is 7.57. The molecule has 1 aromatic heterocycles. The highest BCUT2D eigenvalue weighted by atomic mass is 32.1. The number of hydrogen-bond donors (Lipinski definition) is 0. The minimum Gasteiger partial charge on any atom is -0.189 e. The van der Waals surface area contributed by atoms with E-state index in [0.29, 0.717) is 5.69 Å². The summed E-state index contributed by atoms with van der Waals surface area (Å²) in [7, 11) is 2.04. The lowest BCUT2D eigenvalue weighted by Gasteiger charge is -1.96. The Labute approximate surface area is 97.4 Å². The number of aryl methyl sites for hydroxylation is 1. The molecule has 4 nitrogen and oxygen atoms in total. The summed E-state index contributed by atoms with van der Waals surface area (Å²) in [6.07, 6.45) is 0. The fourth-order valence-corrected chi connectivity index (χ4v) is 2.31. The average Bonchev–Trinajstić information content (AvgIpc) is 2.62. The monoisotopic (exact) mass is 231 g/mol. The molecule has 0 radical (unpaired) electrons. The molecule has 2 rings (SSSR count). The van der Waals surface area contributed by atoms with Gasteiger partial charge in [0.15, 0.2) is 0 Å². The highest BCUT2D eigenvalue weighted by Crippen LogP contribution is 2.22. The van der Waals surface area contributed by atoms with Crippen LogP contribution in [0.15, 0.2) is 34.8 Å². The van der Waals surface area contributed by atoms with Crippen LogP contribution in [0.2, 0.25) is 0 Å². The second kappa shape index (κ2) is 4.35. The zero-order valence-corrected chi connectivity index (χ0v) is 9.90. The molecule has 2 aromatic rings. The molecule has 1 heterocycles. The van der Waals surface area contributed by atoms with Crippen molar-refractivity contribution in [1.82, 2.24) is 0 Å². The van der Waals surface area contributed by atoms with E-state index >= 15 is 0 Å². The maximum atomic E-state index is 8.31. The number of rotatable bonds is 2. The van der Waals surface area contributed by atoms with Crippen molar-refractivity contribution in [1.29, 1.82) is 0 Å². The van der Waals surface area contributed by atoms with Crippen molar-refractivity contribution in [3.63, 3.8) is 0 Å². The zero-order valence-electron chi connectivity index (χ0n) is 9.08. The van der Waals surface area contributed by atoms with Crippen molar-refractivity contribution < 1.29 is 4.57 Å². The van der Waals surface area contributed by atoms with Crippen LogP contribution < -0.4 is 4.57 Å². The summed E-state index contributed by atoms with van der Waals surface area (Å²) in [5.41, 5.74) is 11.3. The third-order valence-electron chi connectivity index (χ3n) is 2.50. The molecule has 0 unspecified atom stereocenters. The maximum Gasteiger partial charge on any atom is 0.234 e. The number of benzene rings is 1. The van der Waals surface area contributed by atoms with Gasteiger partial charge in [0.05, 0.1) is 5.38 Å². The Kier molecular flexibility index (Phi) is 2.90. The van der Waals surface area contributed by atoms with E-state index < -0.39 is 0 Å². The van der Waals surface area contributed by atoms with Crippen molar-refractivity contribution in [2.45, 2.75) is 6.92 Å². The normalized spacial score (nSPS) is 9.88. The first-order chi connectivity index (χ1) is 7.72. The minimum atomic E-state index is 0.640. The molecule has 0 N–H and O–H groups in total. The number of thiazole rings is 1. The van der Waals surface area contributed by atoms with Crippen LogP contribution in [0.4, 0.5) is 5.69 Å². The van der Waals surface area contributed by atoms with Crippen LogP contribution >= 0.6 is 11.3 Å². The van der Waals surface area contributed by atoms with Crippen molar-refractivity contribution in [3.8, 4) is 11.3 Å². The van der Waals surface area contributed by atoms with Crippen LogP contribution in [0, 0.1) is 6.92 Å². The lowest BCUT2D eigenvalue weighted by molar-refractivity contribution is -0.661. The van der Waals surface area contributed by atoms with Gasteiger partial charge in [0, 0.05) is 23.1 Å². The molecule has 0 atom stereocenters. The number of nitrogens with zero attached hydrogens (tertiary/aromatic N) is 4. The van der Waals surface area contributed by atoms with Crippen LogP contribution in [-0.4, -0.2) is 0 Å². The second-order valence-corrected chi connectivity index (χ2v) is 4.50. The molecular weight excluding hydrogens is 220 g/mol. The molecular formula is C11H11N4S+. The van der Waals surface area contributed by atoms with Gasteiger partial charge in [-0.05, 0) is 17.7 Å². The predicted molar refractivity (Wildman–Crippen MR) is 64.5 cm³/mol. The van der Waals surface area contributed by atoms with Gasteiger partial charge in [-0.25, -0.2) is 0 Å². The fraction of sp³-hybridized carbons (Fsp3) is 0.182. The van der Waals surface area contributed by atoms with Crippen molar-refractivity contribution in [2.24, 2.45) is 12.2 Å². The number of azide groups is 1. The van der Waals surface area contributed by atoms with E-state index in [9.17, 15) is 0 Å². The molecule has 0 saturated heterocycles. The second-order valence-electron chi connectivity index (χ2n) is 3.44. The Morgan fingerprint density at radius 1 is 1.31 bits per heavy atom. The number of aromatic nitrogens is 1. The van der Waals surface area contributed by atoms with E-state index in [2.05, 4.69) is 26.9 Å². The molecule has 0 aliphatic heterocycles. The summed E-state index contributed by atoms with van der Waals surface area (Å²) >= 11 is 1.72. The molecule has 1 aromatic carbocycles. The van der Waals surface area contributed by atoms with Gasteiger partial charge < -0.3 is 0 Å². The molecule has 0 aliphatic rings. The first kappa shape index (κ1) is 10.7. The van der Waals surface area contributed by atoms with E-state index in [1.165, 1.54) is 10.7 Å². The SMILES string of the molecule is Cc1scc(-c2ccc(N=[N+]=[N-])cc2)[n+]1C. The Morgan fingerprint density at radius 2 is 2.00 bits per heavy atom. The van der Waals surface area contributed by atoms with Gasteiger partial charge >= 0.3 is 0 Å². The van der Waals surface area contributed by atoms with Crippen LogP contribution in [0.1, 0.15) is 5.01 Å². The third kappa shape index (κ3) is 1.91. The molecule has 0 bridgehead atoms. The quantitative estimate of drug-likeness (QED) is 0.329. The van der Waals surface area contributed by atoms with Gasteiger partial charge in [0.1, 0.15) is 7.05 Å². The van der Waals surface area contributed by atoms with Crippen molar-refractivity contribution in [2.75, 3.05) is 0 Å². The van der Waals surface area contributed by atoms with Crippen LogP contribution in [-0.2, 0) is 7.05 Å². The summed E-state index contributed by atoms with van der Waals surface area (Å²) in [6.45, 7) is 2.09. The molecule has 0 spiro atoms. The summed E-state index contributed by atoms with van der Waals surface area (Å²) in [5, 5.41) is 6.93.